The second kappa shape index (κ2) is 4.21. The maximum absolute atomic E-state index is 10.6. The number of carbonyl (C=O) groups excluding carboxylic acids is 1. The van der Waals surface area contributed by atoms with Crippen LogP contribution in [0.25, 0.3) is 0 Å². The van der Waals surface area contributed by atoms with Gasteiger partial charge in [-0.1, -0.05) is 12.8 Å². The Kier molecular flexibility index (Phi) is 3.20. The summed E-state index contributed by atoms with van der Waals surface area (Å²) in [6, 6.07) is 0. The van der Waals surface area contributed by atoms with Crippen LogP contribution in [0.15, 0.2) is 0 Å². The third-order valence-electron chi connectivity index (χ3n) is 1.66. The molecule has 1 aliphatic carbocycles. The first-order chi connectivity index (χ1) is 5.33. The summed E-state index contributed by atoms with van der Waals surface area (Å²) in [7, 11) is 0. The summed E-state index contributed by atoms with van der Waals surface area (Å²) in [5.41, 5.74) is 0. The van der Waals surface area contributed by atoms with Crippen LogP contribution < -0.4 is 0 Å². The molecule has 0 amide bonds. The first-order valence-electron chi connectivity index (χ1n) is 3.91. The molecule has 0 N–H and O–H groups in total. The molecule has 0 aromatic heterocycles. The van der Waals surface area contributed by atoms with Gasteiger partial charge in [-0.05, 0) is 19.3 Å². The molecule has 11 heavy (non-hydrogen) atoms. The van der Waals surface area contributed by atoms with Crippen molar-refractivity contribution in [2.75, 3.05) is 13.2 Å². The van der Waals surface area contributed by atoms with Crippen molar-refractivity contribution >= 4 is 6.16 Å². The van der Waals surface area contributed by atoms with Crippen molar-refractivity contribution in [3.8, 4) is 0 Å². The minimum atomic E-state index is -0.597. The highest BCUT2D eigenvalue weighted by Crippen LogP contribution is 2.32. The third kappa shape index (κ3) is 3.86. The van der Waals surface area contributed by atoms with Gasteiger partial charge in [-0.25, -0.2) is 4.79 Å². The first-order valence-corrected chi connectivity index (χ1v) is 3.91. The Labute approximate surface area is 66.7 Å². The molecule has 1 radical (unpaired) electrons. The molecule has 3 nitrogen and oxygen atoms in total. The van der Waals surface area contributed by atoms with Gasteiger partial charge >= 0.3 is 6.16 Å². The Bertz CT molecular complexity index is 129. The van der Waals surface area contributed by atoms with E-state index in [1.807, 2.05) is 0 Å². The van der Waals surface area contributed by atoms with Crippen LogP contribution in [0.3, 0.4) is 0 Å². The zero-order valence-corrected chi connectivity index (χ0v) is 6.54. The predicted molar refractivity (Wildman–Crippen MR) is 40.0 cm³/mol. The molecule has 0 heterocycles. The Morgan fingerprint density at radius 1 is 1.45 bits per heavy atom. The highest BCUT2D eigenvalue weighted by atomic mass is 16.7. The van der Waals surface area contributed by atoms with E-state index >= 15 is 0 Å². The summed E-state index contributed by atoms with van der Waals surface area (Å²) in [4.78, 5) is 10.6. The third-order valence-corrected chi connectivity index (χ3v) is 1.66. The standard InChI is InChI=1S/C8H13O3/c1-2-10-8(9)11-6-5-7-3-4-7/h7H,1-6H2. The summed E-state index contributed by atoms with van der Waals surface area (Å²) < 4.78 is 9.20. The normalized spacial score (nSPS) is 16.1. The molecule has 0 unspecified atom stereocenters. The number of hydrogen-bond acceptors (Lipinski definition) is 3. The van der Waals surface area contributed by atoms with Gasteiger partial charge in [0.25, 0.3) is 0 Å². The molecule has 63 valence electrons. The van der Waals surface area contributed by atoms with Crippen LogP contribution in [0.2, 0.25) is 0 Å². The fourth-order valence-electron chi connectivity index (χ4n) is 0.840. The highest BCUT2D eigenvalue weighted by Gasteiger charge is 2.21. The molecule has 0 spiro atoms. The van der Waals surface area contributed by atoms with Crippen LogP contribution in [-0.2, 0) is 9.47 Å². The topological polar surface area (TPSA) is 35.5 Å². The van der Waals surface area contributed by atoms with Crippen molar-refractivity contribution in [3.63, 3.8) is 0 Å². The lowest BCUT2D eigenvalue weighted by molar-refractivity contribution is 0.0610. The van der Waals surface area contributed by atoms with Crippen LogP contribution in [0.4, 0.5) is 4.79 Å². The van der Waals surface area contributed by atoms with Gasteiger partial charge in [0.15, 0.2) is 0 Å². The van der Waals surface area contributed by atoms with Crippen LogP contribution in [-0.4, -0.2) is 19.4 Å². The number of carbonyl (C=O) groups is 1. The van der Waals surface area contributed by atoms with E-state index in [0.717, 1.165) is 12.3 Å². The molecule has 0 aromatic carbocycles. The highest BCUT2D eigenvalue weighted by molar-refractivity contribution is 5.59. The van der Waals surface area contributed by atoms with Gasteiger partial charge in [-0.3, -0.25) is 0 Å². The predicted octanol–water partition coefficient (Wildman–Crippen LogP) is 1.77. The van der Waals surface area contributed by atoms with Crippen LogP contribution in [0.5, 0.6) is 0 Å². The molecular formula is C8H13O3. The van der Waals surface area contributed by atoms with E-state index in [2.05, 4.69) is 11.7 Å². The molecule has 0 saturated heterocycles. The van der Waals surface area contributed by atoms with Crippen LogP contribution >= 0.6 is 0 Å². The van der Waals surface area contributed by atoms with Crippen molar-refractivity contribution < 1.29 is 14.3 Å². The lowest BCUT2D eigenvalue weighted by Gasteiger charge is -2.02. The summed E-state index contributed by atoms with van der Waals surface area (Å²) in [5, 5.41) is 0. The van der Waals surface area contributed by atoms with Crippen molar-refractivity contribution in [2.45, 2.75) is 19.3 Å². The maximum Gasteiger partial charge on any atom is 0.508 e. The van der Waals surface area contributed by atoms with Crippen molar-refractivity contribution in [3.05, 3.63) is 6.92 Å². The van der Waals surface area contributed by atoms with E-state index in [-0.39, 0.29) is 6.61 Å². The average Bonchev–Trinajstić information content (AvgIpc) is 2.72. The Morgan fingerprint density at radius 3 is 2.73 bits per heavy atom. The van der Waals surface area contributed by atoms with Gasteiger partial charge in [-0.15, -0.1) is 0 Å². The molecule has 3 heteroatoms. The molecule has 1 aliphatic rings. The molecule has 0 bridgehead atoms. The number of rotatable bonds is 4. The minimum absolute atomic E-state index is 0.141. The lowest BCUT2D eigenvalue weighted by atomic mass is 10.3. The van der Waals surface area contributed by atoms with Crippen molar-refractivity contribution in [2.24, 2.45) is 5.92 Å². The summed E-state index contributed by atoms with van der Waals surface area (Å²) in [6.45, 7) is 3.99. The van der Waals surface area contributed by atoms with E-state index < -0.39 is 6.16 Å². The van der Waals surface area contributed by atoms with Crippen LogP contribution in [0.1, 0.15) is 19.3 Å². The maximum atomic E-state index is 10.6. The molecule has 1 saturated carbocycles. The molecule has 0 aromatic rings. The van der Waals surface area contributed by atoms with Gasteiger partial charge < -0.3 is 9.47 Å². The summed E-state index contributed by atoms with van der Waals surface area (Å²) in [6.07, 6.45) is 2.95. The first kappa shape index (κ1) is 8.37. The molecule has 0 aliphatic heterocycles. The lowest BCUT2D eigenvalue weighted by Crippen LogP contribution is -2.08. The summed E-state index contributed by atoms with van der Waals surface area (Å²) >= 11 is 0. The molecule has 1 fully saturated rings. The Balaban J connectivity index is 1.88. The molecule has 0 atom stereocenters. The zero-order chi connectivity index (χ0) is 8.10. The van der Waals surface area contributed by atoms with Gasteiger partial charge in [-0.2, -0.15) is 0 Å². The SMILES string of the molecule is [CH2]COC(=O)OCCC1CC1. The largest absolute Gasteiger partial charge is 0.508 e. The van der Waals surface area contributed by atoms with E-state index in [4.69, 9.17) is 4.74 Å². The minimum Gasteiger partial charge on any atom is -0.434 e. The van der Waals surface area contributed by atoms with E-state index in [0.29, 0.717) is 6.61 Å². The van der Waals surface area contributed by atoms with E-state index in [1.54, 1.807) is 0 Å². The Morgan fingerprint density at radius 2 is 2.18 bits per heavy atom. The van der Waals surface area contributed by atoms with Gasteiger partial charge in [0, 0.05) is 0 Å². The van der Waals surface area contributed by atoms with Gasteiger partial charge in [0.2, 0.25) is 0 Å². The molecule has 1 rings (SSSR count). The Hall–Kier alpha value is -0.730. The molecular weight excluding hydrogens is 144 g/mol. The summed E-state index contributed by atoms with van der Waals surface area (Å²) in [5.74, 6) is 0.794. The van der Waals surface area contributed by atoms with Gasteiger partial charge in [0.1, 0.15) is 0 Å². The van der Waals surface area contributed by atoms with E-state index in [1.165, 1.54) is 12.8 Å². The average molecular weight is 157 g/mol. The van der Waals surface area contributed by atoms with Crippen LogP contribution in [0, 0.1) is 12.8 Å². The quantitative estimate of drug-likeness (QED) is 0.583. The second-order valence-corrected chi connectivity index (χ2v) is 2.68. The van der Waals surface area contributed by atoms with Crippen molar-refractivity contribution in [1.82, 2.24) is 0 Å². The smallest absolute Gasteiger partial charge is 0.434 e. The fourth-order valence-corrected chi connectivity index (χ4v) is 0.840. The monoisotopic (exact) mass is 157 g/mol. The zero-order valence-electron chi connectivity index (χ0n) is 6.54. The number of hydrogen-bond donors (Lipinski definition) is 0. The fraction of sp³-hybridized carbons (Fsp3) is 0.750. The number of ether oxygens (including phenoxy) is 2. The second-order valence-electron chi connectivity index (χ2n) is 2.68. The van der Waals surface area contributed by atoms with Gasteiger partial charge in [0.05, 0.1) is 13.2 Å². The van der Waals surface area contributed by atoms with Crippen molar-refractivity contribution in [1.29, 1.82) is 0 Å². The van der Waals surface area contributed by atoms with E-state index in [9.17, 15) is 4.79 Å².